The average Bonchev–Trinajstić information content (AvgIpc) is 3.59. The number of pyridine rings is 1. The van der Waals surface area contributed by atoms with Crippen molar-refractivity contribution in [2.24, 2.45) is 0 Å². The molecule has 4 aromatic rings. The number of imidazole rings is 1. The van der Waals surface area contributed by atoms with Gasteiger partial charge in [-0.05, 0) is 93.3 Å². The molecule has 2 fully saturated rings. The van der Waals surface area contributed by atoms with Crippen molar-refractivity contribution in [1.82, 2.24) is 35.4 Å². The molecule has 7 rings (SSSR count). The Morgan fingerprint density at radius 2 is 1.87 bits per heavy atom. The molecule has 4 N–H and O–H groups in total. The van der Waals surface area contributed by atoms with Gasteiger partial charge in [-0.2, -0.15) is 5.10 Å². The van der Waals surface area contributed by atoms with Crippen LogP contribution >= 0.6 is 0 Å². The van der Waals surface area contributed by atoms with Crippen molar-refractivity contribution >= 4 is 27.5 Å². The van der Waals surface area contributed by atoms with Crippen LogP contribution in [-0.2, 0) is 0 Å². The number of dihydropyridines is 1. The number of aliphatic hydroxyl groups is 1. The van der Waals surface area contributed by atoms with Gasteiger partial charge in [0, 0.05) is 35.9 Å². The van der Waals surface area contributed by atoms with Gasteiger partial charge in [-0.25, -0.2) is 4.98 Å². The van der Waals surface area contributed by atoms with Crippen LogP contribution in [0.25, 0.3) is 39.0 Å². The molecule has 1 unspecified atom stereocenters. The van der Waals surface area contributed by atoms with Gasteiger partial charge < -0.3 is 15.4 Å². The Bertz CT molecular complexity index is 1550. The van der Waals surface area contributed by atoms with Crippen LogP contribution in [0.5, 0.6) is 0 Å². The number of rotatable bonds is 5. The fraction of sp³-hybridized carbons (Fsp3) is 0.452. The molecule has 1 atom stereocenters. The molecule has 39 heavy (non-hydrogen) atoms. The van der Waals surface area contributed by atoms with Crippen LogP contribution in [0.3, 0.4) is 0 Å². The molecule has 1 aliphatic carbocycles. The third-order valence-corrected chi connectivity index (χ3v) is 8.92. The maximum atomic E-state index is 9.97. The van der Waals surface area contributed by atoms with Gasteiger partial charge >= 0.3 is 0 Å². The number of allylic oxidation sites excluding steroid dienone is 2. The van der Waals surface area contributed by atoms with Crippen LogP contribution < -0.4 is 5.32 Å². The van der Waals surface area contributed by atoms with Gasteiger partial charge in [0.25, 0.3) is 0 Å². The summed E-state index contributed by atoms with van der Waals surface area (Å²) in [5, 5.41) is 22.5. The second kappa shape index (κ2) is 10.2. The van der Waals surface area contributed by atoms with E-state index in [9.17, 15) is 5.11 Å². The zero-order valence-electron chi connectivity index (χ0n) is 22.6. The molecule has 5 heterocycles. The molecule has 202 valence electrons. The molecule has 0 spiro atoms. The van der Waals surface area contributed by atoms with E-state index in [-0.39, 0.29) is 6.10 Å². The van der Waals surface area contributed by atoms with E-state index in [1.807, 2.05) is 12.4 Å². The molecule has 1 saturated carbocycles. The Balaban J connectivity index is 1.21. The highest BCUT2D eigenvalue weighted by Crippen LogP contribution is 2.37. The average molecular weight is 524 g/mol. The van der Waals surface area contributed by atoms with Crippen LogP contribution in [0.4, 0.5) is 0 Å². The Morgan fingerprint density at radius 3 is 2.72 bits per heavy atom. The minimum atomic E-state index is -0.179. The van der Waals surface area contributed by atoms with E-state index < -0.39 is 0 Å². The second-order valence-electron chi connectivity index (χ2n) is 11.6. The zero-order chi connectivity index (χ0) is 26.3. The normalized spacial score (nSPS) is 24.5. The van der Waals surface area contributed by atoms with Gasteiger partial charge in [-0.3, -0.25) is 15.0 Å². The highest BCUT2D eigenvalue weighted by atomic mass is 16.3. The van der Waals surface area contributed by atoms with E-state index in [0.29, 0.717) is 12.0 Å². The number of aromatic amines is 2. The second-order valence-corrected chi connectivity index (χ2v) is 11.6. The van der Waals surface area contributed by atoms with E-state index >= 15 is 0 Å². The maximum absolute atomic E-state index is 9.97. The van der Waals surface area contributed by atoms with Crippen LogP contribution in [0.1, 0.15) is 68.9 Å². The largest absolute Gasteiger partial charge is 0.393 e. The summed E-state index contributed by atoms with van der Waals surface area (Å²) in [5.41, 5.74) is 8.68. The van der Waals surface area contributed by atoms with Crippen LogP contribution in [0, 0.1) is 0 Å². The molecule has 0 radical (unpaired) electrons. The quantitative estimate of drug-likeness (QED) is 0.284. The Hall–Kier alpha value is -3.49. The number of hydrogen-bond donors (Lipinski definition) is 4. The van der Waals surface area contributed by atoms with Crippen molar-refractivity contribution in [3.63, 3.8) is 0 Å². The molecule has 0 amide bonds. The highest BCUT2D eigenvalue weighted by molar-refractivity contribution is 5.96. The minimum Gasteiger partial charge on any atom is -0.393 e. The lowest BCUT2D eigenvalue weighted by Gasteiger charge is -2.31. The number of hydrogen-bond acceptors (Lipinski definition) is 6. The van der Waals surface area contributed by atoms with Crippen molar-refractivity contribution < 1.29 is 5.11 Å². The van der Waals surface area contributed by atoms with Gasteiger partial charge in [0.1, 0.15) is 5.69 Å². The number of piperidine rings is 1. The number of aliphatic hydroxyl groups excluding tert-OH is 1. The fourth-order valence-electron chi connectivity index (χ4n) is 6.54. The van der Waals surface area contributed by atoms with Gasteiger partial charge in [0.05, 0.1) is 28.9 Å². The molecule has 3 aliphatic rings. The van der Waals surface area contributed by atoms with Gasteiger partial charge in [0.15, 0.2) is 5.82 Å². The summed E-state index contributed by atoms with van der Waals surface area (Å²) >= 11 is 0. The van der Waals surface area contributed by atoms with Crippen molar-refractivity contribution in [3.8, 4) is 11.5 Å². The Morgan fingerprint density at radius 1 is 1.03 bits per heavy atom. The minimum absolute atomic E-state index is 0.179. The van der Waals surface area contributed by atoms with Crippen molar-refractivity contribution in [3.05, 3.63) is 59.6 Å². The fourth-order valence-corrected chi connectivity index (χ4v) is 6.54. The number of H-pyrrole nitrogens is 2. The van der Waals surface area contributed by atoms with E-state index in [2.05, 4.69) is 67.8 Å². The van der Waals surface area contributed by atoms with Gasteiger partial charge in [0.2, 0.25) is 0 Å². The molecule has 8 heteroatoms. The lowest BCUT2D eigenvalue weighted by molar-refractivity contribution is 0.122. The van der Waals surface area contributed by atoms with Gasteiger partial charge in [-0.15, -0.1) is 0 Å². The Labute approximate surface area is 228 Å². The molecule has 8 nitrogen and oxygen atoms in total. The van der Waals surface area contributed by atoms with Crippen molar-refractivity contribution in [1.29, 1.82) is 0 Å². The summed E-state index contributed by atoms with van der Waals surface area (Å²) < 4.78 is 0. The van der Waals surface area contributed by atoms with Crippen LogP contribution in [-0.4, -0.2) is 66.9 Å². The topological polar surface area (TPSA) is 106 Å². The number of likely N-dealkylation sites (tertiary alicyclic amines) is 1. The van der Waals surface area contributed by atoms with E-state index in [1.165, 1.54) is 54.6 Å². The van der Waals surface area contributed by atoms with E-state index in [0.717, 1.165) is 65.7 Å². The number of nitrogens with zero attached hydrogens (tertiary/aromatic N) is 4. The first-order chi connectivity index (χ1) is 19.1. The van der Waals surface area contributed by atoms with Gasteiger partial charge in [-0.1, -0.05) is 18.6 Å². The predicted octanol–water partition coefficient (Wildman–Crippen LogP) is 5.26. The van der Waals surface area contributed by atoms with Crippen molar-refractivity contribution in [2.75, 3.05) is 19.6 Å². The first-order valence-electron chi connectivity index (χ1n) is 14.5. The summed E-state index contributed by atoms with van der Waals surface area (Å²) in [6, 6.07) is 6.85. The summed E-state index contributed by atoms with van der Waals surface area (Å²) in [4.78, 5) is 15.6. The molecule has 1 saturated heterocycles. The standard InChI is InChI=1S/C31H37N7O/c1-19-23(18-38-11-3-2-4-12-38)13-22(15-33-19)21-7-10-27-25(14-21)30(37-36-27)31-34-28-17-32-16-26(29(28)35-31)20-5-8-24(39)9-6-20/h7,10,13-17,19-20,24,33,39H,2-6,8-9,11-12,18H2,1H3,(H,34,35)(H,36,37). The SMILES string of the molecule is CC1NC=C(c2ccc3[nH]nc(-c4nc5c(C6CCC(O)CC6)cncc5[nH]4)c3c2)C=C1CN1CCCCC1. The monoisotopic (exact) mass is 523 g/mol. The highest BCUT2D eigenvalue weighted by Gasteiger charge is 2.25. The molecular formula is C31H37N7O. The molecule has 3 aromatic heterocycles. The third kappa shape index (κ3) is 4.76. The van der Waals surface area contributed by atoms with E-state index in [4.69, 9.17) is 4.98 Å². The molecule has 1 aromatic carbocycles. The summed E-state index contributed by atoms with van der Waals surface area (Å²) in [6.45, 7) is 5.68. The summed E-state index contributed by atoms with van der Waals surface area (Å²) in [6.07, 6.45) is 15.7. The zero-order valence-corrected chi connectivity index (χ0v) is 22.6. The van der Waals surface area contributed by atoms with Crippen molar-refractivity contribution in [2.45, 2.75) is 69.9 Å². The predicted molar refractivity (Wildman–Crippen MR) is 155 cm³/mol. The number of aromatic nitrogens is 5. The smallest absolute Gasteiger partial charge is 0.159 e. The van der Waals surface area contributed by atoms with E-state index in [1.54, 1.807) is 0 Å². The maximum Gasteiger partial charge on any atom is 0.159 e. The molecule has 0 bridgehead atoms. The third-order valence-electron chi connectivity index (χ3n) is 8.92. The number of fused-ring (bicyclic) bond motifs is 2. The Kier molecular flexibility index (Phi) is 6.45. The lowest BCUT2D eigenvalue weighted by Crippen LogP contribution is -2.37. The molecule has 2 aliphatic heterocycles. The lowest BCUT2D eigenvalue weighted by atomic mass is 9.83. The van der Waals surface area contributed by atoms with Crippen LogP contribution in [0.15, 0.2) is 48.4 Å². The number of nitrogens with one attached hydrogen (secondary N) is 3. The van der Waals surface area contributed by atoms with Crippen LogP contribution in [0.2, 0.25) is 0 Å². The first-order valence-corrected chi connectivity index (χ1v) is 14.5. The summed E-state index contributed by atoms with van der Waals surface area (Å²) in [5.74, 6) is 1.13. The first kappa shape index (κ1) is 24.5. The summed E-state index contributed by atoms with van der Waals surface area (Å²) in [7, 11) is 0. The molecular weight excluding hydrogens is 486 g/mol. The number of benzene rings is 1.